The molecule has 0 saturated carbocycles. The Morgan fingerprint density at radius 3 is 3.06 bits per heavy atom. The Bertz CT molecular complexity index is 503. The molecule has 2 heterocycles. The molecule has 2 rings (SSSR count). The fraction of sp³-hybridized carbons (Fsp3) is 0.300. The second-order valence-corrected chi connectivity index (χ2v) is 3.48. The molecule has 17 heavy (non-hydrogen) atoms. The number of nitrogens with two attached hydrogens (primary N) is 1. The number of anilines is 1. The van der Waals surface area contributed by atoms with E-state index in [4.69, 9.17) is 10.3 Å². The topological polar surface area (TPSA) is 110 Å². The van der Waals surface area contributed by atoms with Crippen LogP contribution in [0.3, 0.4) is 0 Å². The predicted octanol–water partition coefficient (Wildman–Crippen LogP) is 0.472. The van der Waals surface area contributed by atoms with Gasteiger partial charge in [-0.2, -0.15) is 5.10 Å². The number of nitrogen functional groups attached to an aromatic ring is 1. The summed E-state index contributed by atoms with van der Waals surface area (Å²) >= 11 is 0. The van der Waals surface area contributed by atoms with E-state index in [2.05, 4.69) is 20.7 Å². The largest absolute Gasteiger partial charge is 0.395 e. The molecule has 0 aliphatic carbocycles. The zero-order valence-electron chi connectivity index (χ0n) is 9.36. The third-order valence-electron chi connectivity index (χ3n) is 2.37. The van der Waals surface area contributed by atoms with Crippen molar-refractivity contribution in [3.63, 3.8) is 0 Å². The Labute approximate surface area is 97.4 Å². The molecule has 2 aromatic heterocycles. The molecule has 0 aromatic carbocycles. The van der Waals surface area contributed by atoms with Crippen molar-refractivity contribution in [1.29, 1.82) is 0 Å². The summed E-state index contributed by atoms with van der Waals surface area (Å²) in [5.74, 6) is 0.234. The molecule has 0 unspecified atom stereocenters. The third kappa shape index (κ3) is 2.27. The van der Waals surface area contributed by atoms with Gasteiger partial charge in [-0.3, -0.25) is 9.89 Å². The van der Waals surface area contributed by atoms with E-state index >= 15 is 0 Å². The molecule has 0 spiro atoms. The first-order valence-corrected chi connectivity index (χ1v) is 5.22. The highest BCUT2D eigenvalue weighted by atomic mass is 16.5. The fourth-order valence-electron chi connectivity index (χ4n) is 1.41. The summed E-state index contributed by atoms with van der Waals surface area (Å²) < 4.78 is 4.85. The first-order chi connectivity index (χ1) is 8.22. The van der Waals surface area contributed by atoms with Gasteiger partial charge in [0.15, 0.2) is 11.5 Å². The molecule has 4 N–H and O–H groups in total. The van der Waals surface area contributed by atoms with Crippen molar-refractivity contribution in [3.8, 4) is 0 Å². The van der Waals surface area contributed by atoms with Crippen LogP contribution in [0.1, 0.15) is 28.9 Å². The summed E-state index contributed by atoms with van der Waals surface area (Å²) in [4.78, 5) is 11.8. The van der Waals surface area contributed by atoms with Crippen LogP contribution >= 0.6 is 0 Å². The zero-order valence-corrected chi connectivity index (χ0v) is 9.36. The second-order valence-electron chi connectivity index (χ2n) is 3.48. The van der Waals surface area contributed by atoms with Crippen LogP contribution in [0, 0.1) is 0 Å². The number of hydrogen-bond donors (Lipinski definition) is 3. The molecule has 0 saturated heterocycles. The van der Waals surface area contributed by atoms with Crippen LogP contribution < -0.4 is 11.1 Å². The summed E-state index contributed by atoms with van der Waals surface area (Å²) in [6.07, 6.45) is 2.22. The van der Waals surface area contributed by atoms with Gasteiger partial charge in [-0.1, -0.05) is 12.1 Å². The van der Waals surface area contributed by atoms with Gasteiger partial charge in [-0.05, 0) is 6.42 Å². The first kappa shape index (κ1) is 11.2. The van der Waals surface area contributed by atoms with Crippen LogP contribution in [0.15, 0.2) is 16.8 Å². The number of amides is 1. The summed E-state index contributed by atoms with van der Waals surface area (Å²) in [5.41, 5.74) is 7.13. The monoisotopic (exact) mass is 235 g/mol. The average Bonchev–Trinajstić information content (AvgIpc) is 2.95. The molecule has 2 aromatic rings. The molecular weight excluding hydrogens is 222 g/mol. The molecule has 0 aliphatic rings. The minimum absolute atomic E-state index is 0.210. The summed E-state index contributed by atoms with van der Waals surface area (Å²) in [7, 11) is 0. The van der Waals surface area contributed by atoms with E-state index in [1.165, 1.54) is 6.20 Å². The van der Waals surface area contributed by atoms with Crippen LogP contribution in [0.2, 0.25) is 0 Å². The van der Waals surface area contributed by atoms with E-state index in [9.17, 15) is 4.79 Å². The first-order valence-electron chi connectivity index (χ1n) is 5.22. The Balaban J connectivity index is 2.02. The lowest BCUT2D eigenvalue weighted by molar-refractivity contribution is 0.0943. The van der Waals surface area contributed by atoms with Crippen LogP contribution in [0.4, 0.5) is 5.69 Å². The van der Waals surface area contributed by atoms with E-state index in [1.54, 1.807) is 6.07 Å². The molecule has 0 aliphatic heterocycles. The van der Waals surface area contributed by atoms with Crippen LogP contribution in [-0.2, 0) is 13.0 Å². The summed E-state index contributed by atoms with van der Waals surface area (Å²) in [5, 5.41) is 12.8. The zero-order chi connectivity index (χ0) is 12.3. The van der Waals surface area contributed by atoms with Gasteiger partial charge in [0.05, 0.1) is 24.1 Å². The number of aromatic nitrogens is 3. The lowest BCUT2D eigenvalue weighted by Gasteiger charge is -2.00. The van der Waals surface area contributed by atoms with Gasteiger partial charge >= 0.3 is 0 Å². The Hall–Kier alpha value is -2.31. The van der Waals surface area contributed by atoms with Gasteiger partial charge in [0.2, 0.25) is 0 Å². The highest BCUT2D eigenvalue weighted by molar-refractivity contribution is 5.97. The Morgan fingerprint density at radius 2 is 2.47 bits per heavy atom. The number of aryl methyl sites for hydroxylation is 1. The van der Waals surface area contributed by atoms with Gasteiger partial charge in [0.25, 0.3) is 5.91 Å². The maximum absolute atomic E-state index is 11.8. The fourth-order valence-corrected chi connectivity index (χ4v) is 1.41. The quantitative estimate of drug-likeness (QED) is 0.713. The lowest BCUT2D eigenvalue weighted by atomic mass is 10.2. The minimum atomic E-state index is -0.338. The van der Waals surface area contributed by atoms with Gasteiger partial charge < -0.3 is 15.6 Å². The summed E-state index contributed by atoms with van der Waals surface area (Å²) in [6, 6.07) is 1.67. The SMILES string of the molecule is CCc1[nH]nc(C(=O)NCc2ccno2)c1N. The summed E-state index contributed by atoms with van der Waals surface area (Å²) in [6.45, 7) is 2.19. The number of nitrogens with zero attached hydrogens (tertiary/aromatic N) is 2. The molecule has 1 amide bonds. The molecule has 7 nitrogen and oxygen atoms in total. The van der Waals surface area contributed by atoms with Gasteiger partial charge in [0.1, 0.15) is 0 Å². The molecule has 90 valence electrons. The number of aromatic amines is 1. The number of nitrogens with one attached hydrogen (secondary N) is 2. The molecule has 7 heteroatoms. The van der Waals surface area contributed by atoms with E-state index < -0.39 is 0 Å². The van der Waals surface area contributed by atoms with Crippen molar-refractivity contribution >= 4 is 11.6 Å². The van der Waals surface area contributed by atoms with Crippen molar-refractivity contribution in [3.05, 3.63) is 29.4 Å². The third-order valence-corrected chi connectivity index (χ3v) is 2.37. The van der Waals surface area contributed by atoms with Crippen molar-refractivity contribution in [2.45, 2.75) is 19.9 Å². The second kappa shape index (κ2) is 4.69. The van der Waals surface area contributed by atoms with Crippen molar-refractivity contribution < 1.29 is 9.32 Å². The predicted molar refractivity (Wildman–Crippen MR) is 60.1 cm³/mol. The van der Waals surface area contributed by atoms with Crippen molar-refractivity contribution in [2.75, 3.05) is 5.73 Å². The average molecular weight is 235 g/mol. The van der Waals surface area contributed by atoms with E-state index in [-0.39, 0.29) is 18.1 Å². The molecule has 0 radical (unpaired) electrons. The number of carbonyl (C=O) groups excluding carboxylic acids is 1. The standard InChI is InChI=1S/C10H13N5O2/c1-2-7-8(11)9(15-14-7)10(16)12-5-6-3-4-13-17-6/h3-4H,2,5,11H2,1H3,(H,12,16)(H,14,15). The van der Waals surface area contributed by atoms with E-state index in [0.717, 1.165) is 5.69 Å². The number of rotatable bonds is 4. The minimum Gasteiger partial charge on any atom is -0.395 e. The van der Waals surface area contributed by atoms with Gasteiger partial charge in [0, 0.05) is 6.07 Å². The molecule has 0 atom stereocenters. The normalized spacial score (nSPS) is 10.4. The van der Waals surface area contributed by atoms with Crippen molar-refractivity contribution in [2.24, 2.45) is 0 Å². The highest BCUT2D eigenvalue weighted by Gasteiger charge is 2.16. The number of carbonyl (C=O) groups is 1. The van der Waals surface area contributed by atoms with E-state index in [1.807, 2.05) is 6.92 Å². The maximum atomic E-state index is 11.8. The molecule has 0 fully saturated rings. The smallest absolute Gasteiger partial charge is 0.274 e. The van der Waals surface area contributed by atoms with Crippen molar-refractivity contribution in [1.82, 2.24) is 20.7 Å². The molecular formula is C10H13N5O2. The van der Waals surface area contributed by atoms with Gasteiger partial charge in [-0.15, -0.1) is 0 Å². The van der Waals surface area contributed by atoms with Crippen LogP contribution in [0.25, 0.3) is 0 Å². The number of H-pyrrole nitrogens is 1. The van der Waals surface area contributed by atoms with Crippen LogP contribution in [-0.4, -0.2) is 21.3 Å². The lowest BCUT2D eigenvalue weighted by Crippen LogP contribution is -2.23. The van der Waals surface area contributed by atoms with Crippen LogP contribution in [0.5, 0.6) is 0 Å². The highest BCUT2D eigenvalue weighted by Crippen LogP contribution is 2.14. The van der Waals surface area contributed by atoms with Gasteiger partial charge in [-0.25, -0.2) is 0 Å². The maximum Gasteiger partial charge on any atom is 0.274 e. The molecule has 0 bridgehead atoms. The number of hydrogen-bond acceptors (Lipinski definition) is 5. The Kier molecular flexibility index (Phi) is 3.08. The Morgan fingerprint density at radius 1 is 1.65 bits per heavy atom. The van der Waals surface area contributed by atoms with E-state index in [0.29, 0.717) is 17.9 Å².